The Kier molecular flexibility index (Phi) is 15.1. The number of rotatable bonds is 21. The minimum absolute atomic E-state index is 0.0649. The first-order chi connectivity index (χ1) is 24.7. The lowest BCUT2D eigenvalue weighted by atomic mass is 9.95. The molecule has 0 atom stereocenters. The van der Waals surface area contributed by atoms with Crippen LogP contribution in [0, 0.1) is 40.8 Å². The first kappa shape index (κ1) is 39.2. The number of allylic oxidation sites excluding steroid dienone is 1. The molecule has 4 rings (SSSR count). The Labute approximate surface area is 296 Å². The third-order valence-electron chi connectivity index (χ3n) is 8.46. The fraction of sp³-hybridized carbons (Fsp3) is 0.366. The SMILES string of the molecule is C=CC(CCCCCOc1ccc(-c2ccc(OCC)c(F)c2F)c(F)c1)CCCCCOc1ccc(-c2ccc(OCC)c(F)c2F)c(F)c1. The zero-order chi connectivity index (χ0) is 36.8. The Bertz CT molecular complexity index is 1620. The summed E-state index contributed by atoms with van der Waals surface area (Å²) in [4.78, 5) is 0. The molecule has 0 saturated carbocycles. The van der Waals surface area contributed by atoms with Gasteiger partial charge in [-0.05, 0) is 94.0 Å². The summed E-state index contributed by atoms with van der Waals surface area (Å²) in [7, 11) is 0. The maximum absolute atomic E-state index is 14.8. The molecule has 274 valence electrons. The number of benzene rings is 4. The zero-order valence-corrected chi connectivity index (χ0v) is 29.0. The third kappa shape index (κ3) is 10.7. The molecule has 4 aromatic rings. The lowest BCUT2D eigenvalue weighted by Gasteiger charge is -2.13. The van der Waals surface area contributed by atoms with Crippen LogP contribution in [-0.4, -0.2) is 26.4 Å². The Balaban J connectivity index is 1.10. The van der Waals surface area contributed by atoms with Crippen molar-refractivity contribution in [1.82, 2.24) is 0 Å². The Morgan fingerprint density at radius 3 is 1.29 bits per heavy atom. The molecule has 0 fully saturated rings. The van der Waals surface area contributed by atoms with Gasteiger partial charge in [0.1, 0.15) is 23.1 Å². The van der Waals surface area contributed by atoms with E-state index in [4.69, 9.17) is 18.9 Å². The van der Waals surface area contributed by atoms with Crippen molar-refractivity contribution in [2.45, 2.75) is 65.2 Å². The minimum atomic E-state index is -1.17. The average Bonchev–Trinajstić information content (AvgIpc) is 3.12. The highest BCUT2D eigenvalue weighted by Crippen LogP contribution is 2.34. The molecule has 0 aliphatic rings. The van der Waals surface area contributed by atoms with Crippen molar-refractivity contribution >= 4 is 0 Å². The van der Waals surface area contributed by atoms with E-state index in [0.717, 1.165) is 51.4 Å². The van der Waals surface area contributed by atoms with Crippen LogP contribution in [0.1, 0.15) is 65.2 Å². The maximum Gasteiger partial charge on any atom is 0.201 e. The van der Waals surface area contributed by atoms with Crippen LogP contribution in [0.2, 0.25) is 0 Å². The molecule has 0 heterocycles. The number of halogens is 6. The molecule has 4 aromatic carbocycles. The van der Waals surface area contributed by atoms with E-state index >= 15 is 0 Å². The van der Waals surface area contributed by atoms with Crippen molar-refractivity contribution in [1.29, 1.82) is 0 Å². The van der Waals surface area contributed by atoms with Crippen molar-refractivity contribution in [2.24, 2.45) is 5.92 Å². The van der Waals surface area contributed by atoms with Gasteiger partial charge < -0.3 is 18.9 Å². The van der Waals surface area contributed by atoms with Crippen LogP contribution in [0.25, 0.3) is 22.3 Å². The lowest BCUT2D eigenvalue weighted by molar-refractivity contribution is 0.298. The van der Waals surface area contributed by atoms with Crippen LogP contribution >= 0.6 is 0 Å². The Hall–Kier alpha value is -4.60. The topological polar surface area (TPSA) is 36.9 Å². The summed E-state index contributed by atoms with van der Waals surface area (Å²) in [5, 5.41) is 0. The highest BCUT2D eigenvalue weighted by atomic mass is 19.2. The van der Waals surface area contributed by atoms with E-state index in [-0.39, 0.29) is 47.0 Å². The number of ether oxygens (including phenoxy) is 4. The van der Waals surface area contributed by atoms with E-state index in [1.54, 1.807) is 13.8 Å². The standard InChI is InChI=1S/C41H44F6O4/c1-4-27(13-9-7-11-23-50-28-15-17-30(34(42)25-28)32-19-21-36(48-5-2)40(46)38(32)44)14-10-8-12-24-51-29-16-18-31(35(43)26-29)33-20-22-37(49-6-3)41(47)39(33)45/h4,15-22,25-27H,1,5-14,23-24H2,2-3H3. The van der Waals surface area contributed by atoms with Gasteiger partial charge in [0.05, 0.1) is 26.4 Å². The summed E-state index contributed by atoms with van der Waals surface area (Å²) in [6, 6.07) is 13.3. The van der Waals surface area contributed by atoms with Crippen molar-refractivity contribution in [3.8, 4) is 45.3 Å². The van der Waals surface area contributed by atoms with Crippen LogP contribution in [0.4, 0.5) is 26.3 Å². The molecule has 0 spiro atoms. The summed E-state index contributed by atoms with van der Waals surface area (Å²) >= 11 is 0. The Morgan fingerprint density at radius 2 is 0.922 bits per heavy atom. The summed E-state index contributed by atoms with van der Waals surface area (Å²) in [5.41, 5.74) is -0.510. The fourth-order valence-corrected chi connectivity index (χ4v) is 5.75. The highest BCUT2D eigenvalue weighted by Gasteiger charge is 2.20. The molecular weight excluding hydrogens is 670 g/mol. The van der Waals surface area contributed by atoms with Gasteiger partial charge in [0.15, 0.2) is 23.1 Å². The van der Waals surface area contributed by atoms with Gasteiger partial charge in [-0.2, -0.15) is 8.78 Å². The average molecular weight is 715 g/mol. The molecule has 0 amide bonds. The van der Waals surface area contributed by atoms with Crippen LogP contribution in [0.15, 0.2) is 73.3 Å². The summed E-state index contributed by atoms with van der Waals surface area (Å²) < 4.78 is 109. The van der Waals surface area contributed by atoms with E-state index in [9.17, 15) is 26.3 Å². The van der Waals surface area contributed by atoms with E-state index in [0.29, 0.717) is 30.6 Å². The van der Waals surface area contributed by atoms with E-state index in [1.165, 1.54) is 60.7 Å². The van der Waals surface area contributed by atoms with Gasteiger partial charge in [0.2, 0.25) is 11.6 Å². The van der Waals surface area contributed by atoms with Gasteiger partial charge in [-0.25, -0.2) is 17.6 Å². The van der Waals surface area contributed by atoms with Crippen LogP contribution in [0.3, 0.4) is 0 Å². The van der Waals surface area contributed by atoms with Gasteiger partial charge in [-0.1, -0.05) is 31.8 Å². The van der Waals surface area contributed by atoms with Gasteiger partial charge >= 0.3 is 0 Å². The van der Waals surface area contributed by atoms with E-state index in [2.05, 4.69) is 6.58 Å². The molecule has 4 nitrogen and oxygen atoms in total. The van der Waals surface area contributed by atoms with Gasteiger partial charge in [-0.15, -0.1) is 6.58 Å². The van der Waals surface area contributed by atoms with Gasteiger partial charge in [0, 0.05) is 34.4 Å². The van der Waals surface area contributed by atoms with Crippen molar-refractivity contribution < 1.29 is 45.3 Å². The monoisotopic (exact) mass is 714 g/mol. The molecule has 0 unspecified atom stereocenters. The number of hydrogen-bond donors (Lipinski definition) is 0. The quantitative estimate of drug-likeness (QED) is 0.0489. The highest BCUT2D eigenvalue weighted by molar-refractivity contribution is 5.68. The van der Waals surface area contributed by atoms with Crippen molar-refractivity contribution in [2.75, 3.05) is 26.4 Å². The van der Waals surface area contributed by atoms with Crippen LogP contribution < -0.4 is 18.9 Å². The van der Waals surface area contributed by atoms with Gasteiger partial charge in [-0.3, -0.25) is 0 Å². The molecule has 0 N–H and O–H groups in total. The molecule has 0 aromatic heterocycles. The predicted molar refractivity (Wildman–Crippen MR) is 187 cm³/mol. The summed E-state index contributed by atoms with van der Waals surface area (Å²) in [6.45, 7) is 8.43. The molecule has 0 radical (unpaired) electrons. The van der Waals surface area contributed by atoms with Crippen LogP contribution in [0.5, 0.6) is 23.0 Å². The smallest absolute Gasteiger partial charge is 0.201 e. The number of hydrogen-bond acceptors (Lipinski definition) is 4. The third-order valence-corrected chi connectivity index (χ3v) is 8.46. The van der Waals surface area contributed by atoms with E-state index in [1.807, 2.05) is 6.08 Å². The first-order valence-corrected chi connectivity index (χ1v) is 17.4. The predicted octanol–water partition coefficient (Wildman–Crippen LogP) is 12.0. The number of unbranched alkanes of at least 4 members (excludes halogenated alkanes) is 4. The zero-order valence-electron chi connectivity index (χ0n) is 29.0. The second kappa shape index (κ2) is 19.7. The summed E-state index contributed by atoms with van der Waals surface area (Å²) in [6.07, 6.45) is 9.29. The second-order valence-electron chi connectivity index (χ2n) is 12.0. The van der Waals surface area contributed by atoms with Crippen LogP contribution in [-0.2, 0) is 0 Å². The van der Waals surface area contributed by atoms with Crippen molar-refractivity contribution in [3.05, 3.63) is 108 Å². The summed E-state index contributed by atoms with van der Waals surface area (Å²) in [5.74, 6) is -5.51. The molecule has 10 heteroatoms. The lowest BCUT2D eigenvalue weighted by Crippen LogP contribution is -2.02. The molecule has 0 aliphatic heterocycles. The maximum atomic E-state index is 14.8. The molecular formula is C41H44F6O4. The second-order valence-corrected chi connectivity index (χ2v) is 12.0. The van der Waals surface area contributed by atoms with E-state index < -0.39 is 34.9 Å². The largest absolute Gasteiger partial charge is 0.493 e. The fourth-order valence-electron chi connectivity index (χ4n) is 5.75. The molecule has 0 aliphatic carbocycles. The first-order valence-electron chi connectivity index (χ1n) is 17.4. The molecule has 51 heavy (non-hydrogen) atoms. The minimum Gasteiger partial charge on any atom is -0.493 e. The Morgan fingerprint density at radius 1 is 0.510 bits per heavy atom. The molecule has 0 bridgehead atoms. The normalized spacial score (nSPS) is 11.2. The van der Waals surface area contributed by atoms with Crippen molar-refractivity contribution in [3.63, 3.8) is 0 Å². The van der Waals surface area contributed by atoms with Gasteiger partial charge in [0.25, 0.3) is 0 Å². The molecule has 0 saturated heterocycles.